The van der Waals surface area contributed by atoms with Gasteiger partial charge in [0, 0.05) is 29.8 Å². The highest BCUT2D eigenvalue weighted by Gasteiger charge is 2.56. The summed E-state index contributed by atoms with van der Waals surface area (Å²) in [5, 5.41) is 30.4. The van der Waals surface area contributed by atoms with E-state index in [0.717, 1.165) is 24.0 Å². The van der Waals surface area contributed by atoms with Crippen molar-refractivity contribution in [3.63, 3.8) is 0 Å². The molecule has 0 saturated carbocycles. The summed E-state index contributed by atoms with van der Waals surface area (Å²) in [6.07, 6.45) is 4.58. The van der Waals surface area contributed by atoms with Crippen LogP contribution in [0.1, 0.15) is 33.1 Å². The third-order valence-electron chi connectivity index (χ3n) is 7.21. The number of hydrogen-bond donors (Lipinski definition) is 2. The summed E-state index contributed by atoms with van der Waals surface area (Å²) in [5.41, 5.74) is 1.33. The Balaban J connectivity index is 1.37. The highest BCUT2D eigenvalue weighted by Crippen LogP contribution is 2.45. The van der Waals surface area contributed by atoms with Crippen LogP contribution in [0.3, 0.4) is 0 Å². The highest BCUT2D eigenvalue weighted by molar-refractivity contribution is 5.72. The highest BCUT2D eigenvalue weighted by atomic mass is 19.1. The van der Waals surface area contributed by atoms with Gasteiger partial charge in [0.05, 0.1) is 31.1 Å². The van der Waals surface area contributed by atoms with E-state index >= 15 is 4.39 Å². The molecule has 10 heteroatoms. The first-order valence-corrected chi connectivity index (χ1v) is 11.3. The lowest BCUT2D eigenvalue weighted by Crippen LogP contribution is -2.65. The molecule has 3 aromatic rings. The standard InChI is InChI=1S/C24H28FN7O2/c1-23-7-8-24(2,31-23)21(25)17(11-23)32(3)19-13-26-22(30-28-19)16-6-5-14(9-18(16)33)15-10-20(34-4)29-27-12-15/h5-6,9-10,12-13,17,21,31,33H,7-8,11H2,1-4H3/t17-,21-,23-,24+/m0/s1. The van der Waals surface area contributed by atoms with Crippen LogP contribution < -0.4 is 15.0 Å². The number of anilines is 1. The molecule has 2 aliphatic heterocycles. The van der Waals surface area contributed by atoms with Gasteiger partial charge in [-0.1, -0.05) is 6.07 Å². The van der Waals surface area contributed by atoms with Crippen LogP contribution in [-0.4, -0.2) is 67.9 Å². The summed E-state index contributed by atoms with van der Waals surface area (Å²) >= 11 is 0. The molecule has 4 atom stereocenters. The molecule has 2 fully saturated rings. The van der Waals surface area contributed by atoms with Crippen molar-refractivity contribution in [2.45, 2.75) is 56.4 Å². The van der Waals surface area contributed by atoms with Crippen LogP contribution >= 0.6 is 0 Å². The molecular weight excluding hydrogens is 437 g/mol. The fourth-order valence-corrected chi connectivity index (χ4v) is 5.26. The minimum Gasteiger partial charge on any atom is -0.507 e. The summed E-state index contributed by atoms with van der Waals surface area (Å²) in [6.45, 7) is 4.11. The van der Waals surface area contributed by atoms with Crippen LogP contribution in [0.2, 0.25) is 0 Å². The van der Waals surface area contributed by atoms with Gasteiger partial charge in [0.1, 0.15) is 11.9 Å². The number of methoxy groups -OCH3 is 1. The first-order chi connectivity index (χ1) is 16.2. The fourth-order valence-electron chi connectivity index (χ4n) is 5.26. The van der Waals surface area contributed by atoms with Crippen LogP contribution in [0.15, 0.2) is 36.7 Å². The van der Waals surface area contributed by atoms with Gasteiger partial charge in [-0.2, -0.15) is 5.10 Å². The van der Waals surface area contributed by atoms with Gasteiger partial charge in [0.15, 0.2) is 11.6 Å². The van der Waals surface area contributed by atoms with E-state index in [1.54, 1.807) is 30.6 Å². The number of nitrogens with zero attached hydrogens (tertiary/aromatic N) is 6. The third kappa shape index (κ3) is 3.81. The van der Waals surface area contributed by atoms with Gasteiger partial charge in [0.25, 0.3) is 0 Å². The number of rotatable bonds is 5. The predicted octanol–water partition coefficient (Wildman–Crippen LogP) is 3.16. The van der Waals surface area contributed by atoms with E-state index in [2.05, 4.69) is 37.6 Å². The lowest BCUT2D eigenvalue weighted by atomic mass is 9.82. The lowest BCUT2D eigenvalue weighted by Gasteiger charge is -2.47. The average molecular weight is 466 g/mol. The number of ether oxygens (including phenoxy) is 1. The molecule has 2 aromatic heterocycles. The summed E-state index contributed by atoms with van der Waals surface area (Å²) in [5.74, 6) is 1.17. The van der Waals surface area contributed by atoms with Gasteiger partial charge >= 0.3 is 0 Å². The molecule has 9 nitrogen and oxygen atoms in total. The number of benzene rings is 1. The first-order valence-electron chi connectivity index (χ1n) is 11.3. The van der Waals surface area contributed by atoms with E-state index in [9.17, 15) is 5.11 Å². The molecule has 178 valence electrons. The Morgan fingerprint density at radius 2 is 1.94 bits per heavy atom. The molecule has 2 bridgehead atoms. The minimum atomic E-state index is -1.03. The van der Waals surface area contributed by atoms with Crippen molar-refractivity contribution in [2.24, 2.45) is 0 Å². The summed E-state index contributed by atoms with van der Waals surface area (Å²) in [6, 6.07) is 6.57. The first kappa shape index (κ1) is 22.4. The Morgan fingerprint density at radius 1 is 1.12 bits per heavy atom. The van der Waals surface area contributed by atoms with Crippen molar-refractivity contribution < 1.29 is 14.2 Å². The van der Waals surface area contributed by atoms with E-state index in [0.29, 0.717) is 23.7 Å². The second-order valence-corrected chi connectivity index (χ2v) is 9.75. The molecule has 0 unspecified atom stereocenters. The minimum absolute atomic E-state index is 0.00999. The molecule has 2 saturated heterocycles. The Kier molecular flexibility index (Phi) is 5.35. The molecule has 2 aliphatic rings. The van der Waals surface area contributed by atoms with Crippen molar-refractivity contribution >= 4 is 5.82 Å². The van der Waals surface area contributed by atoms with E-state index in [-0.39, 0.29) is 23.2 Å². The quantitative estimate of drug-likeness (QED) is 0.587. The smallest absolute Gasteiger partial charge is 0.233 e. The van der Waals surface area contributed by atoms with Gasteiger partial charge in [-0.05, 0) is 50.8 Å². The maximum atomic E-state index is 15.4. The number of aromatic nitrogens is 5. The van der Waals surface area contributed by atoms with Crippen molar-refractivity contribution in [2.75, 3.05) is 19.1 Å². The molecule has 2 N–H and O–H groups in total. The average Bonchev–Trinajstić information content (AvgIpc) is 3.12. The zero-order valence-electron chi connectivity index (χ0n) is 19.7. The van der Waals surface area contributed by atoms with E-state index in [4.69, 9.17) is 4.74 Å². The Hall–Kier alpha value is -3.40. The molecule has 0 amide bonds. The molecular formula is C24H28FN7O2. The zero-order chi connectivity index (χ0) is 24.1. The van der Waals surface area contributed by atoms with Gasteiger partial charge in [-0.15, -0.1) is 15.3 Å². The number of phenolic OH excluding ortho intramolecular Hbond substituents is 1. The molecule has 4 heterocycles. The second kappa shape index (κ2) is 8.12. The Labute approximate surface area is 197 Å². The summed E-state index contributed by atoms with van der Waals surface area (Å²) < 4.78 is 20.5. The normalized spacial score (nSPS) is 28.0. The van der Waals surface area contributed by atoms with E-state index in [1.165, 1.54) is 7.11 Å². The van der Waals surface area contributed by atoms with Gasteiger partial charge < -0.3 is 20.1 Å². The summed E-state index contributed by atoms with van der Waals surface area (Å²) in [7, 11) is 3.35. The number of piperidine rings is 1. The Bertz CT molecular complexity index is 1210. The van der Waals surface area contributed by atoms with Crippen LogP contribution in [-0.2, 0) is 0 Å². The maximum Gasteiger partial charge on any atom is 0.233 e. The van der Waals surface area contributed by atoms with Crippen LogP contribution in [0.4, 0.5) is 10.2 Å². The number of fused-ring (bicyclic) bond motifs is 2. The molecule has 34 heavy (non-hydrogen) atoms. The van der Waals surface area contributed by atoms with Crippen molar-refractivity contribution in [3.05, 3.63) is 36.7 Å². The molecule has 5 rings (SSSR count). The molecule has 1 aromatic carbocycles. The Morgan fingerprint density at radius 3 is 2.65 bits per heavy atom. The van der Waals surface area contributed by atoms with Crippen LogP contribution in [0.25, 0.3) is 22.5 Å². The maximum absolute atomic E-state index is 15.4. The largest absolute Gasteiger partial charge is 0.507 e. The molecule has 0 aliphatic carbocycles. The number of alkyl halides is 1. The lowest BCUT2D eigenvalue weighted by molar-refractivity contribution is 0.0859. The van der Waals surface area contributed by atoms with E-state index < -0.39 is 11.7 Å². The number of aromatic hydroxyl groups is 1. The number of nitrogens with one attached hydrogen (secondary N) is 1. The van der Waals surface area contributed by atoms with Gasteiger partial charge in [-0.3, -0.25) is 0 Å². The monoisotopic (exact) mass is 465 g/mol. The second-order valence-electron chi connectivity index (χ2n) is 9.75. The van der Waals surface area contributed by atoms with Crippen LogP contribution in [0.5, 0.6) is 11.6 Å². The van der Waals surface area contributed by atoms with E-state index in [1.807, 2.05) is 24.9 Å². The molecule has 0 spiro atoms. The fraction of sp³-hybridized carbons (Fsp3) is 0.458. The van der Waals surface area contributed by atoms with Crippen LogP contribution in [0, 0.1) is 0 Å². The SMILES string of the molecule is COc1cc(-c2ccc(-c3ncc(N(C)[C@H]4C[C@]5(C)CC[C@@](C)(N5)[C@H]4F)nn3)c(O)c2)cnn1. The topological polar surface area (TPSA) is 109 Å². The van der Waals surface area contributed by atoms with Gasteiger partial charge in [0.2, 0.25) is 5.88 Å². The molecule has 0 radical (unpaired) electrons. The third-order valence-corrected chi connectivity index (χ3v) is 7.21. The van der Waals surface area contributed by atoms with Crippen molar-refractivity contribution in [1.29, 1.82) is 0 Å². The number of halogens is 1. The number of hydrogen-bond acceptors (Lipinski definition) is 9. The summed E-state index contributed by atoms with van der Waals surface area (Å²) in [4.78, 5) is 6.25. The number of phenols is 1. The van der Waals surface area contributed by atoms with Crippen molar-refractivity contribution in [3.8, 4) is 34.1 Å². The predicted molar refractivity (Wildman–Crippen MR) is 125 cm³/mol. The van der Waals surface area contributed by atoms with Gasteiger partial charge in [-0.25, -0.2) is 9.37 Å². The van der Waals surface area contributed by atoms with Crippen molar-refractivity contribution in [1.82, 2.24) is 30.7 Å². The zero-order valence-corrected chi connectivity index (χ0v) is 19.7.